The number of rotatable bonds is 2. The highest BCUT2D eigenvalue weighted by molar-refractivity contribution is 6.03. The van der Waals surface area contributed by atoms with Crippen LogP contribution >= 0.6 is 0 Å². The van der Waals surface area contributed by atoms with Crippen LogP contribution in [-0.2, 0) is 15.1 Å². The van der Waals surface area contributed by atoms with Gasteiger partial charge in [-0.05, 0) is 18.4 Å². The summed E-state index contributed by atoms with van der Waals surface area (Å²) >= 11 is 0. The maximum atomic E-state index is 12.6. The first-order chi connectivity index (χ1) is 9.16. The lowest BCUT2D eigenvalue weighted by Gasteiger charge is -2.57. The van der Waals surface area contributed by atoms with Crippen molar-refractivity contribution in [3.8, 4) is 0 Å². The Labute approximate surface area is 113 Å². The summed E-state index contributed by atoms with van der Waals surface area (Å²) in [6.45, 7) is 0. The van der Waals surface area contributed by atoms with Crippen LogP contribution in [0.2, 0.25) is 0 Å². The fourth-order valence-corrected chi connectivity index (χ4v) is 3.92. The Morgan fingerprint density at radius 1 is 1.21 bits per heavy atom. The van der Waals surface area contributed by atoms with Crippen molar-refractivity contribution in [2.45, 2.75) is 43.3 Å². The monoisotopic (exact) mass is 260 g/mol. The van der Waals surface area contributed by atoms with Gasteiger partial charge in [-0.3, -0.25) is 4.79 Å². The maximum Gasteiger partial charge on any atom is 0.201 e. The van der Waals surface area contributed by atoms with E-state index in [0.29, 0.717) is 6.42 Å². The Morgan fingerprint density at radius 3 is 2.63 bits per heavy atom. The Bertz CT molecular complexity index is 484. The van der Waals surface area contributed by atoms with Crippen LogP contribution in [0.4, 0.5) is 0 Å². The SMILES string of the molecule is CO[C@@]1(c2ccccc2)C(=O)[C@@]2(O)CCCCC[C@@H]12. The standard InChI is InChI=1S/C16H20O3/c1-19-16(12-8-4-2-5-9-12)13-10-6-3-7-11-15(13,18)14(16)17/h2,4-5,8-9,13,18H,3,6-7,10-11H2,1H3/t13-,15-,16-/m1/s1. The number of Topliss-reactive ketones (excluding diaryl/α,β-unsaturated/α-hetero) is 1. The fourth-order valence-electron chi connectivity index (χ4n) is 3.92. The van der Waals surface area contributed by atoms with E-state index < -0.39 is 11.2 Å². The molecule has 2 saturated carbocycles. The second-order valence-electron chi connectivity index (χ2n) is 5.71. The summed E-state index contributed by atoms with van der Waals surface area (Å²) in [7, 11) is 1.58. The van der Waals surface area contributed by atoms with Gasteiger partial charge in [0.1, 0.15) is 5.60 Å². The highest BCUT2D eigenvalue weighted by Crippen LogP contribution is 2.57. The quantitative estimate of drug-likeness (QED) is 0.888. The van der Waals surface area contributed by atoms with Crippen molar-refractivity contribution < 1.29 is 14.6 Å². The predicted octanol–water partition coefficient (Wildman–Crippen LogP) is 2.42. The molecule has 3 atom stereocenters. The minimum atomic E-state index is -1.16. The number of ether oxygens (including phenoxy) is 1. The Kier molecular flexibility index (Phi) is 2.99. The molecule has 0 radical (unpaired) electrons. The first kappa shape index (κ1) is 12.8. The van der Waals surface area contributed by atoms with Crippen LogP contribution in [-0.4, -0.2) is 23.6 Å². The summed E-state index contributed by atoms with van der Waals surface area (Å²) in [6, 6.07) is 9.60. The van der Waals surface area contributed by atoms with Gasteiger partial charge in [0.2, 0.25) is 5.78 Å². The third-order valence-electron chi connectivity index (χ3n) is 4.87. The first-order valence-corrected chi connectivity index (χ1v) is 7.04. The molecule has 0 unspecified atom stereocenters. The van der Waals surface area contributed by atoms with E-state index in [1.54, 1.807) is 7.11 Å². The number of benzene rings is 1. The van der Waals surface area contributed by atoms with Crippen LogP contribution < -0.4 is 0 Å². The summed E-state index contributed by atoms with van der Waals surface area (Å²) < 4.78 is 5.65. The van der Waals surface area contributed by atoms with E-state index in [-0.39, 0.29) is 11.7 Å². The third kappa shape index (κ3) is 1.55. The van der Waals surface area contributed by atoms with Gasteiger partial charge in [-0.25, -0.2) is 0 Å². The normalized spacial score (nSPS) is 38.2. The second kappa shape index (κ2) is 4.43. The molecule has 3 nitrogen and oxygen atoms in total. The lowest BCUT2D eigenvalue weighted by Crippen LogP contribution is -2.73. The number of aliphatic hydroxyl groups is 1. The van der Waals surface area contributed by atoms with Crippen LogP contribution in [0.25, 0.3) is 0 Å². The molecule has 3 heteroatoms. The van der Waals surface area contributed by atoms with Crippen molar-refractivity contribution in [3.05, 3.63) is 35.9 Å². The summed E-state index contributed by atoms with van der Waals surface area (Å²) in [5.74, 6) is -0.261. The molecule has 0 heterocycles. The molecule has 2 aliphatic carbocycles. The minimum absolute atomic E-state index is 0.109. The molecule has 2 fully saturated rings. The van der Waals surface area contributed by atoms with E-state index in [4.69, 9.17) is 4.74 Å². The van der Waals surface area contributed by atoms with Gasteiger partial charge in [-0.2, -0.15) is 0 Å². The number of hydrogen-bond donors (Lipinski definition) is 1. The summed E-state index contributed by atoms with van der Waals surface area (Å²) in [4.78, 5) is 12.6. The summed E-state index contributed by atoms with van der Waals surface area (Å²) in [6.07, 6.45) is 4.49. The molecule has 0 saturated heterocycles. The van der Waals surface area contributed by atoms with Gasteiger partial charge in [0.15, 0.2) is 5.60 Å². The van der Waals surface area contributed by atoms with Gasteiger partial charge < -0.3 is 9.84 Å². The van der Waals surface area contributed by atoms with Gasteiger partial charge in [0.05, 0.1) is 0 Å². The van der Waals surface area contributed by atoms with Gasteiger partial charge >= 0.3 is 0 Å². The molecule has 102 valence electrons. The number of fused-ring (bicyclic) bond motifs is 1. The molecule has 1 N–H and O–H groups in total. The van der Waals surface area contributed by atoms with E-state index in [1.165, 1.54) is 0 Å². The van der Waals surface area contributed by atoms with Crippen LogP contribution in [0.3, 0.4) is 0 Å². The minimum Gasteiger partial charge on any atom is -0.381 e. The van der Waals surface area contributed by atoms with Crippen molar-refractivity contribution in [1.82, 2.24) is 0 Å². The fraction of sp³-hybridized carbons (Fsp3) is 0.562. The zero-order chi connectivity index (χ0) is 13.5. The number of carbonyl (C=O) groups is 1. The lowest BCUT2D eigenvalue weighted by molar-refractivity contribution is -0.231. The molecule has 0 aliphatic heterocycles. The molecule has 0 spiro atoms. The van der Waals surface area contributed by atoms with Gasteiger partial charge in [-0.15, -0.1) is 0 Å². The Hall–Kier alpha value is -1.19. The highest BCUT2D eigenvalue weighted by atomic mass is 16.5. The van der Waals surface area contributed by atoms with Crippen molar-refractivity contribution >= 4 is 5.78 Å². The molecule has 1 aromatic rings. The van der Waals surface area contributed by atoms with Crippen molar-refractivity contribution in [2.24, 2.45) is 5.92 Å². The highest BCUT2D eigenvalue weighted by Gasteiger charge is 2.71. The van der Waals surface area contributed by atoms with Gasteiger partial charge in [0, 0.05) is 13.0 Å². The molecular weight excluding hydrogens is 240 g/mol. The average molecular weight is 260 g/mol. The van der Waals surface area contributed by atoms with Crippen LogP contribution in [0.5, 0.6) is 0 Å². The first-order valence-electron chi connectivity index (χ1n) is 7.04. The summed E-state index contributed by atoms with van der Waals surface area (Å²) in [5.41, 5.74) is -1.22. The van der Waals surface area contributed by atoms with E-state index >= 15 is 0 Å². The molecule has 3 rings (SSSR count). The third-order valence-corrected chi connectivity index (χ3v) is 4.87. The molecule has 0 bridgehead atoms. The number of hydrogen-bond acceptors (Lipinski definition) is 3. The zero-order valence-corrected chi connectivity index (χ0v) is 11.3. The number of ketones is 1. The predicted molar refractivity (Wildman–Crippen MR) is 71.7 cm³/mol. The largest absolute Gasteiger partial charge is 0.381 e. The Morgan fingerprint density at radius 2 is 1.95 bits per heavy atom. The smallest absolute Gasteiger partial charge is 0.201 e. The summed E-state index contributed by atoms with van der Waals surface area (Å²) in [5, 5.41) is 10.7. The van der Waals surface area contributed by atoms with Crippen molar-refractivity contribution in [3.63, 3.8) is 0 Å². The average Bonchev–Trinajstić information content (AvgIpc) is 2.63. The molecule has 0 amide bonds. The zero-order valence-electron chi connectivity index (χ0n) is 11.3. The molecule has 19 heavy (non-hydrogen) atoms. The van der Waals surface area contributed by atoms with Crippen molar-refractivity contribution in [1.29, 1.82) is 0 Å². The van der Waals surface area contributed by atoms with Crippen LogP contribution in [0.15, 0.2) is 30.3 Å². The topological polar surface area (TPSA) is 46.5 Å². The number of methoxy groups -OCH3 is 1. The maximum absolute atomic E-state index is 12.6. The second-order valence-corrected chi connectivity index (χ2v) is 5.71. The van der Waals surface area contributed by atoms with E-state index in [2.05, 4.69) is 0 Å². The Balaban J connectivity index is 2.05. The van der Waals surface area contributed by atoms with E-state index in [1.807, 2.05) is 30.3 Å². The molecule has 2 aliphatic rings. The van der Waals surface area contributed by atoms with Crippen molar-refractivity contribution in [2.75, 3.05) is 7.11 Å². The van der Waals surface area contributed by atoms with E-state index in [0.717, 1.165) is 31.2 Å². The van der Waals surface area contributed by atoms with Crippen LogP contribution in [0.1, 0.15) is 37.7 Å². The van der Waals surface area contributed by atoms with Gasteiger partial charge in [0.25, 0.3) is 0 Å². The molecule has 1 aromatic carbocycles. The molecular formula is C16H20O3. The van der Waals surface area contributed by atoms with Gasteiger partial charge in [-0.1, -0.05) is 49.6 Å². The van der Waals surface area contributed by atoms with E-state index in [9.17, 15) is 9.90 Å². The van der Waals surface area contributed by atoms with Crippen LogP contribution in [0, 0.1) is 5.92 Å². The molecule has 0 aromatic heterocycles. The number of carbonyl (C=O) groups excluding carboxylic acids is 1. The lowest BCUT2D eigenvalue weighted by atomic mass is 9.52.